The lowest BCUT2D eigenvalue weighted by molar-refractivity contribution is -0.284. The van der Waals surface area contributed by atoms with E-state index in [0.717, 1.165) is 12.8 Å². The average Bonchev–Trinajstić information content (AvgIpc) is 2.79. The zero-order valence-electron chi connectivity index (χ0n) is 10.6. The molecule has 1 unspecified atom stereocenters. The monoisotopic (exact) mass is 290 g/mol. The van der Waals surface area contributed by atoms with Gasteiger partial charge in [-0.05, 0) is 19.3 Å². The molecule has 0 aromatic heterocycles. The number of rotatable bonds is 8. The van der Waals surface area contributed by atoms with Gasteiger partial charge in [-0.15, -0.1) is 0 Å². The summed E-state index contributed by atoms with van der Waals surface area (Å²) in [5.74, 6) is -4.57. The van der Waals surface area contributed by atoms with Crippen LogP contribution in [-0.4, -0.2) is 31.6 Å². The first-order valence-electron chi connectivity index (χ1n) is 6.51. The van der Waals surface area contributed by atoms with Crippen molar-refractivity contribution in [2.45, 2.75) is 63.3 Å². The molecule has 114 valence electrons. The van der Waals surface area contributed by atoms with Crippen molar-refractivity contribution >= 4 is 0 Å². The van der Waals surface area contributed by atoms with Crippen LogP contribution in [0.5, 0.6) is 0 Å². The van der Waals surface area contributed by atoms with Crippen LogP contribution >= 0.6 is 0 Å². The van der Waals surface area contributed by atoms with Crippen molar-refractivity contribution in [3.63, 3.8) is 0 Å². The first-order valence-corrected chi connectivity index (χ1v) is 6.51. The summed E-state index contributed by atoms with van der Waals surface area (Å²) in [6.07, 6.45) is -3.46. The normalized spacial score (nSPS) is 21.0. The van der Waals surface area contributed by atoms with Gasteiger partial charge in [0.1, 0.15) is 0 Å². The molecule has 0 radical (unpaired) electrons. The molecule has 0 aromatic carbocycles. The molecule has 1 rings (SSSR count). The van der Waals surface area contributed by atoms with Gasteiger partial charge >= 0.3 is 12.1 Å². The number of unbranched alkanes of at least 4 members (excludes halogenated alkanes) is 3. The maximum Gasteiger partial charge on any atom is 0.453 e. The molecule has 0 amide bonds. The van der Waals surface area contributed by atoms with E-state index in [9.17, 15) is 22.0 Å². The quantitative estimate of drug-likeness (QED) is 0.490. The maximum absolute atomic E-state index is 12.5. The van der Waals surface area contributed by atoms with E-state index in [4.69, 9.17) is 9.47 Å². The van der Waals surface area contributed by atoms with Gasteiger partial charge in [-0.2, -0.15) is 22.0 Å². The van der Waals surface area contributed by atoms with Crippen LogP contribution in [-0.2, 0) is 9.47 Å². The Bertz CT molecular complexity index is 249. The van der Waals surface area contributed by atoms with E-state index in [1.165, 1.54) is 0 Å². The van der Waals surface area contributed by atoms with Crippen molar-refractivity contribution in [1.82, 2.24) is 0 Å². The molecule has 1 atom stereocenters. The maximum atomic E-state index is 12.5. The molecule has 1 heterocycles. The van der Waals surface area contributed by atoms with Crippen LogP contribution in [0.4, 0.5) is 22.0 Å². The Balaban J connectivity index is 1.96. The lowest BCUT2D eigenvalue weighted by Gasteiger charge is -2.19. The topological polar surface area (TPSA) is 18.5 Å². The highest BCUT2D eigenvalue weighted by Crippen LogP contribution is 2.39. The summed E-state index contributed by atoms with van der Waals surface area (Å²) < 4.78 is 71.2. The molecule has 2 nitrogen and oxygen atoms in total. The lowest BCUT2D eigenvalue weighted by Crippen LogP contribution is -2.36. The van der Waals surface area contributed by atoms with Crippen LogP contribution in [0.3, 0.4) is 0 Å². The third-order valence-electron chi connectivity index (χ3n) is 2.99. The second kappa shape index (κ2) is 7.38. The number of hydrogen-bond acceptors (Lipinski definition) is 2. The molecule has 0 spiro atoms. The second-order valence-corrected chi connectivity index (χ2v) is 4.68. The molecule has 1 aliphatic rings. The Morgan fingerprint density at radius 3 is 2.26 bits per heavy atom. The smallest absolute Gasteiger partial charge is 0.353 e. The molecule has 7 heteroatoms. The van der Waals surface area contributed by atoms with Crippen LogP contribution < -0.4 is 0 Å². The zero-order valence-corrected chi connectivity index (χ0v) is 10.6. The standard InChI is InChI=1S/C12H19F5O2/c13-11(14,12(15,16)17)7-3-1-2-4-8-18-10-6-5-9-19-10/h10H,1-9H2. The fourth-order valence-corrected chi connectivity index (χ4v) is 1.84. The lowest BCUT2D eigenvalue weighted by atomic mass is 10.1. The summed E-state index contributed by atoms with van der Waals surface area (Å²) >= 11 is 0. The minimum absolute atomic E-state index is 0.133. The largest absolute Gasteiger partial charge is 0.453 e. The average molecular weight is 290 g/mol. The molecule has 0 saturated carbocycles. The number of hydrogen-bond donors (Lipinski definition) is 0. The van der Waals surface area contributed by atoms with Crippen molar-refractivity contribution in [2.75, 3.05) is 13.2 Å². The molecular formula is C12H19F5O2. The second-order valence-electron chi connectivity index (χ2n) is 4.68. The van der Waals surface area contributed by atoms with Crippen LogP contribution in [0.2, 0.25) is 0 Å². The summed E-state index contributed by atoms with van der Waals surface area (Å²) in [5, 5.41) is 0. The van der Waals surface area contributed by atoms with E-state index in [2.05, 4.69) is 0 Å². The number of halogens is 5. The van der Waals surface area contributed by atoms with Gasteiger partial charge in [0.15, 0.2) is 6.29 Å². The third-order valence-corrected chi connectivity index (χ3v) is 2.99. The SMILES string of the molecule is FC(F)(F)C(F)(F)CCCCCCOC1CCCO1. The van der Waals surface area contributed by atoms with Crippen LogP contribution in [0.1, 0.15) is 44.9 Å². The van der Waals surface area contributed by atoms with Crippen LogP contribution in [0.15, 0.2) is 0 Å². The van der Waals surface area contributed by atoms with Gasteiger partial charge < -0.3 is 9.47 Å². The highest BCUT2D eigenvalue weighted by atomic mass is 19.4. The van der Waals surface area contributed by atoms with Crippen molar-refractivity contribution in [3.8, 4) is 0 Å². The van der Waals surface area contributed by atoms with Crippen LogP contribution in [0, 0.1) is 0 Å². The van der Waals surface area contributed by atoms with Gasteiger partial charge in [-0.25, -0.2) is 0 Å². The highest BCUT2D eigenvalue weighted by molar-refractivity contribution is 4.75. The fourth-order valence-electron chi connectivity index (χ4n) is 1.84. The van der Waals surface area contributed by atoms with E-state index in [1.54, 1.807) is 0 Å². The molecule has 0 aliphatic carbocycles. The molecule has 0 bridgehead atoms. The molecule has 1 saturated heterocycles. The molecule has 19 heavy (non-hydrogen) atoms. The Labute approximate surface area is 109 Å². The molecule has 0 N–H and O–H groups in total. The summed E-state index contributed by atoms with van der Waals surface area (Å²) in [6.45, 7) is 1.15. The van der Waals surface area contributed by atoms with Crippen molar-refractivity contribution in [3.05, 3.63) is 0 Å². The Morgan fingerprint density at radius 2 is 1.68 bits per heavy atom. The van der Waals surface area contributed by atoms with Crippen molar-refractivity contribution in [1.29, 1.82) is 0 Å². The summed E-state index contributed by atoms with van der Waals surface area (Å²) in [5.41, 5.74) is 0. The molecule has 1 fully saturated rings. The molecule has 1 aliphatic heterocycles. The zero-order chi connectivity index (χ0) is 14.4. The summed E-state index contributed by atoms with van der Waals surface area (Å²) in [6, 6.07) is 0. The van der Waals surface area contributed by atoms with Gasteiger partial charge in [0.25, 0.3) is 0 Å². The Hall–Kier alpha value is -0.430. The summed E-state index contributed by atoms with van der Waals surface area (Å²) in [4.78, 5) is 0. The van der Waals surface area contributed by atoms with E-state index in [-0.39, 0.29) is 12.7 Å². The van der Waals surface area contributed by atoms with E-state index < -0.39 is 18.5 Å². The van der Waals surface area contributed by atoms with Gasteiger partial charge in [-0.3, -0.25) is 0 Å². The first-order chi connectivity index (χ1) is 8.83. The summed E-state index contributed by atoms with van der Waals surface area (Å²) in [7, 11) is 0. The van der Waals surface area contributed by atoms with E-state index in [0.29, 0.717) is 32.5 Å². The van der Waals surface area contributed by atoms with E-state index >= 15 is 0 Å². The van der Waals surface area contributed by atoms with Gasteiger partial charge in [0, 0.05) is 26.1 Å². The predicted molar refractivity (Wildman–Crippen MR) is 59.0 cm³/mol. The molecule has 0 aromatic rings. The Kier molecular flexibility index (Phi) is 6.46. The van der Waals surface area contributed by atoms with Gasteiger partial charge in [-0.1, -0.05) is 12.8 Å². The van der Waals surface area contributed by atoms with Crippen LogP contribution in [0.25, 0.3) is 0 Å². The van der Waals surface area contributed by atoms with Crippen molar-refractivity contribution < 1.29 is 31.4 Å². The highest BCUT2D eigenvalue weighted by Gasteiger charge is 2.56. The minimum atomic E-state index is -5.43. The van der Waals surface area contributed by atoms with Gasteiger partial charge in [0.2, 0.25) is 0 Å². The number of alkyl halides is 5. The van der Waals surface area contributed by atoms with E-state index in [1.807, 2.05) is 0 Å². The predicted octanol–water partition coefficient (Wildman–Crippen LogP) is 4.29. The first kappa shape index (κ1) is 16.6. The van der Waals surface area contributed by atoms with Crippen molar-refractivity contribution in [2.24, 2.45) is 0 Å². The fraction of sp³-hybridized carbons (Fsp3) is 1.00. The number of ether oxygens (including phenoxy) is 2. The minimum Gasteiger partial charge on any atom is -0.353 e. The Morgan fingerprint density at radius 1 is 1.00 bits per heavy atom. The third kappa shape index (κ3) is 6.03. The molecular weight excluding hydrogens is 271 g/mol. The van der Waals surface area contributed by atoms with Gasteiger partial charge in [0.05, 0.1) is 0 Å².